The fourth-order valence-corrected chi connectivity index (χ4v) is 2.95. The molecule has 1 saturated heterocycles. The molecule has 0 radical (unpaired) electrons. The van der Waals surface area contributed by atoms with Crippen LogP contribution in [-0.4, -0.2) is 46.9 Å². The molecule has 1 aliphatic heterocycles. The van der Waals surface area contributed by atoms with Crippen molar-refractivity contribution in [3.63, 3.8) is 0 Å². The highest BCUT2D eigenvalue weighted by molar-refractivity contribution is 5.99. The number of carbonyl (C=O) groups excluding carboxylic acids is 2. The Morgan fingerprint density at radius 1 is 1.35 bits per heavy atom. The van der Waals surface area contributed by atoms with E-state index in [1.165, 1.54) is 0 Å². The first-order valence-electron chi connectivity index (χ1n) is 7.56. The van der Waals surface area contributed by atoms with Gasteiger partial charge in [0, 0.05) is 18.3 Å². The average molecular weight is 319 g/mol. The van der Waals surface area contributed by atoms with Crippen molar-refractivity contribution in [3.8, 4) is 0 Å². The molecule has 4 N–H and O–H groups in total. The van der Waals surface area contributed by atoms with Crippen LogP contribution in [0.1, 0.15) is 30.1 Å². The molecular weight excluding hydrogens is 298 g/mol. The second kappa shape index (κ2) is 7.13. The summed E-state index contributed by atoms with van der Waals surface area (Å²) in [6, 6.07) is 6.34. The van der Waals surface area contributed by atoms with Gasteiger partial charge >= 0.3 is 5.97 Å². The Morgan fingerprint density at radius 3 is 2.70 bits per heavy atom. The molecule has 0 saturated carbocycles. The molecule has 2 amide bonds. The van der Waals surface area contributed by atoms with Crippen LogP contribution in [0, 0.1) is 5.92 Å². The Hall–Kier alpha value is -2.57. The number of carbonyl (C=O) groups is 3. The van der Waals surface area contributed by atoms with Gasteiger partial charge in [0.2, 0.25) is 5.91 Å². The number of hydrogen-bond donors (Lipinski definition) is 3. The van der Waals surface area contributed by atoms with Gasteiger partial charge in [0.25, 0.3) is 5.91 Å². The molecule has 7 heteroatoms. The number of likely N-dealkylation sites (tertiary alicyclic amines) is 1. The fraction of sp³-hybridized carbons (Fsp3) is 0.438. The van der Waals surface area contributed by atoms with Crippen LogP contribution in [-0.2, 0) is 9.59 Å². The number of nitrogens with zero attached hydrogens (tertiary/aromatic N) is 1. The van der Waals surface area contributed by atoms with Crippen LogP contribution in [0.25, 0.3) is 0 Å². The van der Waals surface area contributed by atoms with E-state index in [0.29, 0.717) is 30.6 Å². The Labute approximate surface area is 134 Å². The molecule has 23 heavy (non-hydrogen) atoms. The lowest BCUT2D eigenvalue weighted by Crippen LogP contribution is -2.50. The zero-order chi connectivity index (χ0) is 17.0. The van der Waals surface area contributed by atoms with Crippen molar-refractivity contribution in [2.75, 3.05) is 18.4 Å². The summed E-state index contributed by atoms with van der Waals surface area (Å²) in [6.07, 6.45) is 1.25. The quantitative estimate of drug-likeness (QED) is 0.746. The molecule has 1 heterocycles. The van der Waals surface area contributed by atoms with Crippen molar-refractivity contribution in [2.45, 2.75) is 25.8 Å². The molecule has 0 aliphatic carbocycles. The summed E-state index contributed by atoms with van der Waals surface area (Å²) >= 11 is 0. The van der Waals surface area contributed by atoms with E-state index < -0.39 is 17.8 Å². The standard InChI is InChI=1S/C16H21N3O4/c1-10-11(16(22)23)6-4-8-19(10)14(20)9-18-13-7-3-2-5-12(13)15(17)21/h2-3,5,7,10-11,18H,4,6,8-9H2,1H3,(H2,17,21)(H,22,23)/t10-,11-/m1/s1. The first kappa shape index (κ1) is 16.8. The molecule has 0 spiro atoms. The van der Waals surface area contributed by atoms with Gasteiger partial charge in [0.1, 0.15) is 0 Å². The highest BCUT2D eigenvalue weighted by atomic mass is 16.4. The number of carboxylic acid groups (broad SMARTS) is 1. The van der Waals surface area contributed by atoms with Gasteiger partial charge in [-0.25, -0.2) is 0 Å². The van der Waals surface area contributed by atoms with E-state index in [0.717, 1.165) is 0 Å². The third-order valence-electron chi connectivity index (χ3n) is 4.25. The number of nitrogens with one attached hydrogen (secondary N) is 1. The summed E-state index contributed by atoms with van der Waals surface area (Å²) in [6.45, 7) is 2.29. The van der Waals surface area contributed by atoms with E-state index >= 15 is 0 Å². The predicted octanol–water partition coefficient (Wildman–Crippen LogP) is 0.909. The first-order valence-corrected chi connectivity index (χ1v) is 7.56. The molecule has 1 aromatic carbocycles. The minimum Gasteiger partial charge on any atom is -0.481 e. The molecule has 1 aliphatic rings. The maximum Gasteiger partial charge on any atom is 0.308 e. The summed E-state index contributed by atoms with van der Waals surface area (Å²) in [7, 11) is 0. The topological polar surface area (TPSA) is 113 Å². The number of nitrogens with two attached hydrogens (primary N) is 1. The number of amides is 2. The number of rotatable bonds is 5. The zero-order valence-electron chi connectivity index (χ0n) is 13.0. The normalized spacial score (nSPS) is 20.8. The third kappa shape index (κ3) is 3.80. The van der Waals surface area contributed by atoms with Gasteiger partial charge in [-0.15, -0.1) is 0 Å². The summed E-state index contributed by atoms with van der Waals surface area (Å²) in [5.74, 6) is -2.17. The second-order valence-electron chi connectivity index (χ2n) is 5.68. The molecule has 2 atom stereocenters. The van der Waals surface area contributed by atoms with E-state index in [1.807, 2.05) is 0 Å². The second-order valence-corrected chi connectivity index (χ2v) is 5.68. The predicted molar refractivity (Wildman–Crippen MR) is 85.0 cm³/mol. The molecule has 124 valence electrons. The summed E-state index contributed by atoms with van der Waals surface area (Å²) in [5, 5.41) is 12.1. The first-order chi connectivity index (χ1) is 10.9. The van der Waals surface area contributed by atoms with Crippen LogP contribution < -0.4 is 11.1 Å². The number of hydrogen-bond acceptors (Lipinski definition) is 4. The number of carboxylic acids is 1. The number of primary amides is 1. The Morgan fingerprint density at radius 2 is 2.04 bits per heavy atom. The van der Waals surface area contributed by atoms with Crippen LogP contribution in [0.2, 0.25) is 0 Å². The van der Waals surface area contributed by atoms with Crippen LogP contribution in [0.15, 0.2) is 24.3 Å². The average Bonchev–Trinajstić information content (AvgIpc) is 2.52. The monoisotopic (exact) mass is 319 g/mol. The van der Waals surface area contributed by atoms with Gasteiger partial charge in [-0.1, -0.05) is 12.1 Å². The molecule has 7 nitrogen and oxygen atoms in total. The van der Waals surface area contributed by atoms with Gasteiger partial charge in [-0.3, -0.25) is 14.4 Å². The largest absolute Gasteiger partial charge is 0.481 e. The lowest BCUT2D eigenvalue weighted by Gasteiger charge is -2.37. The van der Waals surface area contributed by atoms with Crippen molar-refractivity contribution < 1.29 is 19.5 Å². The minimum absolute atomic E-state index is 0.0129. The van der Waals surface area contributed by atoms with Crippen LogP contribution in [0.5, 0.6) is 0 Å². The van der Waals surface area contributed by atoms with E-state index in [1.54, 1.807) is 36.1 Å². The molecular formula is C16H21N3O4. The molecule has 1 fully saturated rings. The highest BCUT2D eigenvalue weighted by Crippen LogP contribution is 2.24. The minimum atomic E-state index is -0.873. The van der Waals surface area contributed by atoms with E-state index in [-0.39, 0.29) is 18.5 Å². The third-order valence-corrected chi connectivity index (χ3v) is 4.25. The van der Waals surface area contributed by atoms with Gasteiger partial charge in [0.15, 0.2) is 0 Å². The van der Waals surface area contributed by atoms with Crippen LogP contribution in [0.4, 0.5) is 5.69 Å². The van der Waals surface area contributed by atoms with Gasteiger partial charge in [-0.2, -0.15) is 0 Å². The summed E-state index contributed by atoms with van der Waals surface area (Å²) < 4.78 is 0. The van der Waals surface area contributed by atoms with Gasteiger partial charge in [-0.05, 0) is 31.9 Å². The number of piperidine rings is 1. The van der Waals surface area contributed by atoms with Crippen LogP contribution >= 0.6 is 0 Å². The van der Waals surface area contributed by atoms with Crippen molar-refractivity contribution in [3.05, 3.63) is 29.8 Å². The van der Waals surface area contributed by atoms with E-state index in [2.05, 4.69) is 5.32 Å². The van der Waals surface area contributed by atoms with E-state index in [4.69, 9.17) is 5.73 Å². The number of para-hydroxylation sites is 1. The van der Waals surface area contributed by atoms with Crippen molar-refractivity contribution >= 4 is 23.5 Å². The SMILES string of the molecule is C[C@@H]1[C@H](C(=O)O)CCCN1C(=O)CNc1ccccc1C(N)=O. The van der Waals surface area contributed by atoms with Gasteiger partial charge < -0.3 is 21.1 Å². The molecule has 0 unspecified atom stereocenters. The maximum atomic E-state index is 12.4. The maximum absolute atomic E-state index is 12.4. The lowest BCUT2D eigenvalue weighted by atomic mass is 9.90. The summed E-state index contributed by atoms with van der Waals surface area (Å²) in [4.78, 5) is 36.6. The molecule has 2 rings (SSSR count). The number of benzene rings is 1. The number of aliphatic carboxylic acids is 1. The Bertz CT molecular complexity index is 617. The molecule has 0 aromatic heterocycles. The van der Waals surface area contributed by atoms with Crippen molar-refractivity contribution in [2.24, 2.45) is 11.7 Å². The smallest absolute Gasteiger partial charge is 0.308 e. The zero-order valence-corrected chi connectivity index (χ0v) is 13.0. The lowest BCUT2D eigenvalue weighted by molar-refractivity contribution is -0.148. The molecule has 1 aromatic rings. The fourth-order valence-electron chi connectivity index (χ4n) is 2.95. The van der Waals surface area contributed by atoms with Crippen LogP contribution in [0.3, 0.4) is 0 Å². The van der Waals surface area contributed by atoms with E-state index in [9.17, 15) is 19.5 Å². The molecule has 0 bridgehead atoms. The van der Waals surface area contributed by atoms with Crippen molar-refractivity contribution in [1.82, 2.24) is 4.90 Å². The number of anilines is 1. The van der Waals surface area contributed by atoms with Gasteiger partial charge in [0.05, 0.1) is 18.0 Å². The highest BCUT2D eigenvalue weighted by Gasteiger charge is 2.35. The summed E-state index contributed by atoms with van der Waals surface area (Å²) in [5.41, 5.74) is 6.11. The van der Waals surface area contributed by atoms with Crippen molar-refractivity contribution in [1.29, 1.82) is 0 Å². The Balaban J connectivity index is 2.02. The Kier molecular flexibility index (Phi) is 5.20.